The van der Waals surface area contributed by atoms with Crippen molar-refractivity contribution in [1.82, 2.24) is 9.62 Å². The molecule has 0 radical (unpaired) electrons. The lowest BCUT2D eigenvalue weighted by Gasteiger charge is -2.21. The first-order valence-corrected chi connectivity index (χ1v) is 12.4. The lowest BCUT2D eigenvalue weighted by atomic mass is 9.95. The van der Waals surface area contributed by atoms with Gasteiger partial charge in [0.2, 0.25) is 15.9 Å². The fourth-order valence-corrected chi connectivity index (χ4v) is 5.42. The van der Waals surface area contributed by atoms with Gasteiger partial charge in [0, 0.05) is 36.2 Å². The summed E-state index contributed by atoms with van der Waals surface area (Å²) in [6.07, 6.45) is 3.71. The maximum absolute atomic E-state index is 14.7. The fourth-order valence-electron chi connectivity index (χ4n) is 4.58. The van der Waals surface area contributed by atoms with Crippen LogP contribution in [0.1, 0.15) is 37.2 Å². The largest absolute Gasteiger partial charge is 0.342 e. The smallest absolute Gasteiger partial charge is 0.226 e. The molecule has 1 N–H and O–H groups in total. The average molecular weight is 449 g/mol. The molecule has 1 heterocycles. The molecule has 2 aromatic rings. The van der Waals surface area contributed by atoms with Gasteiger partial charge in [0.1, 0.15) is 11.6 Å². The van der Waals surface area contributed by atoms with E-state index in [1.165, 1.54) is 12.1 Å². The van der Waals surface area contributed by atoms with Gasteiger partial charge in [0.05, 0.1) is 6.26 Å². The Hall–Kier alpha value is -2.32. The van der Waals surface area contributed by atoms with Crippen LogP contribution in [0.25, 0.3) is 11.1 Å². The Morgan fingerprint density at radius 2 is 1.77 bits per heavy atom. The molecule has 1 aliphatic carbocycles. The predicted molar refractivity (Wildman–Crippen MR) is 115 cm³/mol. The van der Waals surface area contributed by atoms with Crippen molar-refractivity contribution in [3.05, 3.63) is 59.7 Å². The van der Waals surface area contributed by atoms with Crippen LogP contribution in [0.4, 0.5) is 8.78 Å². The van der Waals surface area contributed by atoms with E-state index in [1.54, 1.807) is 35.2 Å². The highest BCUT2D eigenvalue weighted by molar-refractivity contribution is 7.88. The van der Waals surface area contributed by atoms with Crippen LogP contribution in [0.2, 0.25) is 0 Å². The van der Waals surface area contributed by atoms with Crippen LogP contribution >= 0.6 is 0 Å². The summed E-state index contributed by atoms with van der Waals surface area (Å²) in [5, 5.41) is 0. The Balaban J connectivity index is 1.49. The van der Waals surface area contributed by atoms with Gasteiger partial charge in [0.15, 0.2) is 0 Å². The van der Waals surface area contributed by atoms with E-state index in [9.17, 15) is 22.0 Å². The maximum Gasteiger partial charge on any atom is 0.226 e. The molecule has 8 heteroatoms. The second kappa shape index (κ2) is 8.67. The second-order valence-corrected chi connectivity index (χ2v) is 10.3. The molecule has 166 valence electrons. The van der Waals surface area contributed by atoms with Gasteiger partial charge in [0.25, 0.3) is 0 Å². The van der Waals surface area contributed by atoms with Crippen LogP contribution < -0.4 is 4.72 Å². The molecule has 0 spiro atoms. The van der Waals surface area contributed by atoms with Gasteiger partial charge in [-0.3, -0.25) is 4.79 Å². The Morgan fingerprint density at radius 3 is 2.52 bits per heavy atom. The average Bonchev–Trinajstić information content (AvgIpc) is 3.51. The first-order chi connectivity index (χ1) is 14.7. The van der Waals surface area contributed by atoms with E-state index < -0.39 is 21.7 Å². The van der Waals surface area contributed by atoms with E-state index in [0.29, 0.717) is 37.9 Å². The Kier molecular flexibility index (Phi) is 6.12. The molecular weight excluding hydrogens is 422 g/mol. The van der Waals surface area contributed by atoms with Crippen LogP contribution in [-0.2, 0) is 14.8 Å². The minimum atomic E-state index is -3.28. The zero-order valence-corrected chi connectivity index (χ0v) is 18.2. The van der Waals surface area contributed by atoms with Gasteiger partial charge in [-0.25, -0.2) is 21.9 Å². The molecule has 0 unspecified atom stereocenters. The summed E-state index contributed by atoms with van der Waals surface area (Å²) in [7, 11) is -3.28. The number of benzene rings is 2. The van der Waals surface area contributed by atoms with Crippen LogP contribution in [0.15, 0.2) is 42.5 Å². The summed E-state index contributed by atoms with van der Waals surface area (Å²) in [6.45, 7) is 1.06. The third kappa shape index (κ3) is 4.96. The van der Waals surface area contributed by atoms with Crippen LogP contribution in [-0.4, -0.2) is 44.6 Å². The van der Waals surface area contributed by atoms with Gasteiger partial charge < -0.3 is 4.90 Å². The normalized spacial score (nSPS) is 24.0. The van der Waals surface area contributed by atoms with E-state index in [2.05, 4.69) is 4.72 Å². The molecule has 1 amide bonds. The number of carbonyl (C=O) groups is 1. The molecule has 3 atom stereocenters. The van der Waals surface area contributed by atoms with Gasteiger partial charge in [-0.15, -0.1) is 0 Å². The van der Waals surface area contributed by atoms with E-state index in [4.69, 9.17) is 0 Å². The lowest BCUT2D eigenvalue weighted by Crippen LogP contribution is -2.36. The molecule has 2 aliphatic rings. The highest BCUT2D eigenvalue weighted by atomic mass is 32.2. The molecule has 1 aliphatic heterocycles. The standard InChI is InChI=1S/C23H26F2N2O3S/c1-31(29,30)26-15-6-5-12-27(13-11-15)23(28)19-14-18(19)16-8-4-10-21(25)22(16)17-7-2-3-9-20(17)24/h2-4,7-10,15,18-19,26H,5-6,11-14H2,1H3/t15-,18+,19-/m1/s1. The van der Waals surface area contributed by atoms with Crippen molar-refractivity contribution in [3.63, 3.8) is 0 Å². The number of halogens is 2. The fraction of sp³-hybridized carbons (Fsp3) is 0.435. The number of likely N-dealkylation sites (tertiary alicyclic amines) is 1. The number of nitrogens with one attached hydrogen (secondary N) is 1. The highest BCUT2D eigenvalue weighted by Gasteiger charge is 2.47. The van der Waals surface area contributed by atoms with Crippen molar-refractivity contribution in [2.24, 2.45) is 5.92 Å². The molecule has 1 saturated heterocycles. The molecule has 4 rings (SSSR count). The van der Waals surface area contributed by atoms with Crippen LogP contribution in [0, 0.1) is 17.6 Å². The third-order valence-corrected chi connectivity index (χ3v) is 6.88. The number of amides is 1. The van der Waals surface area contributed by atoms with E-state index >= 15 is 0 Å². The van der Waals surface area contributed by atoms with Crippen LogP contribution in [0.3, 0.4) is 0 Å². The topological polar surface area (TPSA) is 66.5 Å². The van der Waals surface area contributed by atoms with E-state index in [0.717, 1.165) is 12.7 Å². The number of hydrogen-bond acceptors (Lipinski definition) is 3. The Bertz CT molecular complexity index is 1090. The Labute approximate surface area is 181 Å². The number of nitrogens with zero attached hydrogens (tertiary/aromatic N) is 1. The lowest BCUT2D eigenvalue weighted by molar-refractivity contribution is -0.132. The van der Waals surface area contributed by atoms with Crippen molar-refractivity contribution in [3.8, 4) is 11.1 Å². The van der Waals surface area contributed by atoms with Gasteiger partial charge >= 0.3 is 0 Å². The third-order valence-electron chi connectivity index (χ3n) is 6.12. The van der Waals surface area contributed by atoms with Crippen molar-refractivity contribution < 1.29 is 22.0 Å². The summed E-state index contributed by atoms with van der Waals surface area (Å²) < 4.78 is 54.7. The molecule has 0 aromatic heterocycles. The molecular formula is C23H26F2N2O3S. The Morgan fingerprint density at radius 1 is 1.03 bits per heavy atom. The first kappa shape index (κ1) is 21.9. The van der Waals surface area contributed by atoms with E-state index in [1.807, 2.05) is 0 Å². The molecule has 2 fully saturated rings. The van der Waals surface area contributed by atoms with Crippen molar-refractivity contribution in [2.75, 3.05) is 19.3 Å². The van der Waals surface area contributed by atoms with Crippen molar-refractivity contribution in [2.45, 2.75) is 37.6 Å². The van der Waals surface area contributed by atoms with Gasteiger partial charge in [-0.1, -0.05) is 30.3 Å². The number of hydrogen-bond donors (Lipinski definition) is 1. The summed E-state index contributed by atoms with van der Waals surface area (Å²) >= 11 is 0. The molecule has 0 bridgehead atoms. The summed E-state index contributed by atoms with van der Waals surface area (Å²) in [5.41, 5.74) is 1.10. The van der Waals surface area contributed by atoms with Crippen LogP contribution in [0.5, 0.6) is 0 Å². The minimum Gasteiger partial charge on any atom is -0.342 e. The number of sulfonamides is 1. The molecule has 2 aromatic carbocycles. The van der Waals surface area contributed by atoms with Gasteiger partial charge in [-0.2, -0.15) is 0 Å². The molecule has 5 nitrogen and oxygen atoms in total. The summed E-state index contributed by atoms with van der Waals surface area (Å²) in [5.74, 6) is -1.38. The summed E-state index contributed by atoms with van der Waals surface area (Å²) in [4.78, 5) is 14.9. The van der Waals surface area contributed by atoms with Crippen molar-refractivity contribution >= 4 is 15.9 Å². The predicted octanol–water partition coefficient (Wildman–Crippen LogP) is 3.67. The second-order valence-electron chi connectivity index (χ2n) is 8.48. The van der Waals surface area contributed by atoms with E-state index in [-0.39, 0.29) is 34.9 Å². The minimum absolute atomic E-state index is 0.00810. The maximum atomic E-state index is 14.7. The SMILES string of the molecule is CS(=O)(=O)N[C@@H]1CCCN(C(=O)[C@@H]2C[C@H]2c2cccc(F)c2-c2ccccc2F)CC1. The highest BCUT2D eigenvalue weighted by Crippen LogP contribution is 2.52. The zero-order chi connectivity index (χ0) is 22.2. The number of carbonyl (C=O) groups excluding carboxylic acids is 1. The van der Waals surface area contributed by atoms with Crippen molar-refractivity contribution in [1.29, 1.82) is 0 Å². The molecule has 31 heavy (non-hydrogen) atoms. The molecule has 1 saturated carbocycles. The monoisotopic (exact) mass is 448 g/mol. The van der Waals surface area contributed by atoms with Gasteiger partial charge in [-0.05, 0) is 49.3 Å². The summed E-state index contributed by atoms with van der Waals surface area (Å²) in [6, 6.07) is 10.6. The zero-order valence-electron chi connectivity index (χ0n) is 17.4. The first-order valence-electron chi connectivity index (χ1n) is 10.5. The quantitative estimate of drug-likeness (QED) is 0.759. The number of rotatable bonds is 5.